The molecule has 0 fully saturated rings. The third kappa shape index (κ3) is 5.85. The van der Waals surface area contributed by atoms with E-state index < -0.39 is 30.0 Å². The van der Waals surface area contributed by atoms with Crippen LogP contribution in [0.2, 0.25) is 0 Å². The number of nitrogens with one attached hydrogen (secondary N) is 2. The van der Waals surface area contributed by atoms with E-state index in [0.29, 0.717) is 28.9 Å². The molecule has 2 amide bonds. The predicted molar refractivity (Wildman–Crippen MR) is 133 cm³/mol. The van der Waals surface area contributed by atoms with Crippen molar-refractivity contribution in [2.45, 2.75) is 37.9 Å². The average molecular weight is 505 g/mol. The van der Waals surface area contributed by atoms with Crippen molar-refractivity contribution in [2.75, 3.05) is 13.7 Å². The van der Waals surface area contributed by atoms with Gasteiger partial charge in [-0.1, -0.05) is 30.3 Å². The van der Waals surface area contributed by atoms with Crippen molar-refractivity contribution < 1.29 is 28.7 Å². The molecule has 1 aliphatic rings. The van der Waals surface area contributed by atoms with Crippen LogP contribution in [0.1, 0.15) is 40.1 Å². The molecule has 37 heavy (non-hydrogen) atoms. The number of hydrogen-bond acceptors (Lipinski definition) is 7. The summed E-state index contributed by atoms with van der Waals surface area (Å²) >= 11 is 0. The van der Waals surface area contributed by atoms with Crippen molar-refractivity contribution in [2.24, 2.45) is 0 Å². The molecule has 10 heteroatoms. The number of benzene rings is 2. The molecular weight excluding hydrogens is 476 g/mol. The van der Waals surface area contributed by atoms with E-state index in [1.165, 1.54) is 25.3 Å². The van der Waals surface area contributed by atoms with Gasteiger partial charge in [-0.05, 0) is 23.8 Å². The van der Waals surface area contributed by atoms with Crippen molar-refractivity contribution in [3.63, 3.8) is 0 Å². The van der Waals surface area contributed by atoms with Gasteiger partial charge in [-0.25, -0.2) is 9.78 Å². The van der Waals surface area contributed by atoms with Crippen LogP contribution in [0.15, 0.2) is 61.1 Å². The van der Waals surface area contributed by atoms with E-state index in [4.69, 9.17) is 9.47 Å². The highest BCUT2D eigenvalue weighted by molar-refractivity contribution is 5.91. The topological polar surface area (TPSA) is 131 Å². The van der Waals surface area contributed by atoms with E-state index in [1.54, 1.807) is 24.4 Å². The molecule has 3 aromatic rings. The first-order valence-corrected chi connectivity index (χ1v) is 11.8. The van der Waals surface area contributed by atoms with Crippen molar-refractivity contribution in [1.82, 2.24) is 20.2 Å². The van der Waals surface area contributed by atoms with Crippen molar-refractivity contribution in [1.29, 1.82) is 0 Å². The second kappa shape index (κ2) is 11.5. The summed E-state index contributed by atoms with van der Waals surface area (Å²) in [7, 11) is 1.25. The minimum absolute atomic E-state index is 0.0651. The van der Waals surface area contributed by atoms with Crippen molar-refractivity contribution in [3.8, 4) is 5.75 Å². The highest BCUT2D eigenvalue weighted by Crippen LogP contribution is 2.38. The van der Waals surface area contributed by atoms with Gasteiger partial charge < -0.3 is 24.7 Å². The molecule has 0 saturated carbocycles. The summed E-state index contributed by atoms with van der Waals surface area (Å²) in [6.45, 7) is 1.40. The van der Waals surface area contributed by atoms with Crippen LogP contribution in [-0.2, 0) is 32.0 Å². The summed E-state index contributed by atoms with van der Waals surface area (Å²) in [5.74, 6) is -1.00. The molecule has 0 bridgehead atoms. The van der Waals surface area contributed by atoms with E-state index in [1.807, 2.05) is 30.3 Å². The Morgan fingerprint density at radius 2 is 2.00 bits per heavy atom. The van der Waals surface area contributed by atoms with Crippen LogP contribution in [0.4, 0.5) is 0 Å². The minimum Gasteiger partial charge on any atom is -0.491 e. The summed E-state index contributed by atoms with van der Waals surface area (Å²) in [5.41, 5.74) is 2.39. The van der Waals surface area contributed by atoms with Gasteiger partial charge in [0, 0.05) is 37.1 Å². The zero-order valence-corrected chi connectivity index (χ0v) is 20.5. The molecule has 0 saturated heterocycles. The van der Waals surface area contributed by atoms with Crippen LogP contribution in [-0.4, -0.2) is 64.7 Å². The lowest BCUT2D eigenvalue weighted by Crippen LogP contribution is -2.56. The molecule has 0 radical (unpaired) electrons. The maximum Gasteiger partial charge on any atom is 0.329 e. The molecule has 192 valence electrons. The third-order valence-corrected chi connectivity index (χ3v) is 6.24. The van der Waals surface area contributed by atoms with E-state index in [9.17, 15) is 19.2 Å². The Bertz CT molecular complexity index is 1260. The van der Waals surface area contributed by atoms with Crippen LogP contribution in [0.25, 0.3) is 0 Å². The largest absolute Gasteiger partial charge is 0.491 e. The lowest BCUT2D eigenvalue weighted by Gasteiger charge is -2.36. The number of H-pyrrole nitrogens is 1. The van der Waals surface area contributed by atoms with Gasteiger partial charge >= 0.3 is 5.97 Å². The number of carbonyl (C=O) groups excluding carboxylic acids is 4. The number of fused-ring (bicyclic) bond motifs is 1. The number of methoxy groups -OCH3 is 1. The molecule has 2 aromatic carbocycles. The second-order valence-electron chi connectivity index (χ2n) is 8.73. The zero-order valence-electron chi connectivity index (χ0n) is 20.5. The van der Waals surface area contributed by atoms with Gasteiger partial charge in [0.25, 0.3) is 0 Å². The van der Waals surface area contributed by atoms with Crippen LogP contribution in [0.5, 0.6) is 5.75 Å². The maximum atomic E-state index is 14.3. The molecule has 3 atom stereocenters. The molecular formula is C27H28N4O6. The van der Waals surface area contributed by atoms with Gasteiger partial charge in [0.2, 0.25) is 11.8 Å². The highest BCUT2D eigenvalue weighted by Gasteiger charge is 2.43. The number of ether oxygens (including phenoxy) is 2. The van der Waals surface area contributed by atoms with E-state index in [0.717, 1.165) is 5.56 Å². The number of nitrogens with zero attached hydrogens (tertiary/aromatic N) is 2. The average Bonchev–Trinajstić information content (AvgIpc) is 3.57. The lowest BCUT2D eigenvalue weighted by molar-refractivity contribution is -0.156. The molecule has 10 nitrogen and oxygen atoms in total. The Kier molecular flexibility index (Phi) is 7.97. The summed E-state index contributed by atoms with van der Waals surface area (Å²) < 4.78 is 11.0. The number of rotatable bonds is 10. The molecule has 1 aliphatic heterocycles. The Morgan fingerprint density at radius 3 is 2.65 bits per heavy atom. The van der Waals surface area contributed by atoms with Crippen LogP contribution in [0.3, 0.4) is 0 Å². The second-order valence-corrected chi connectivity index (χ2v) is 8.73. The minimum atomic E-state index is -1.08. The van der Waals surface area contributed by atoms with Gasteiger partial charge in [0.05, 0.1) is 25.2 Å². The Morgan fingerprint density at radius 1 is 1.22 bits per heavy atom. The quantitative estimate of drug-likeness (QED) is 0.319. The fourth-order valence-electron chi connectivity index (χ4n) is 4.55. The third-order valence-electron chi connectivity index (χ3n) is 6.24. The van der Waals surface area contributed by atoms with Crippen LogP contribution in [0, 0.1) is 0 Å². The van der Waals surface area contributed by atoms with Gasteiger partial charge in [-0.2, -0.15) is 0 Å². The number of amides is 2. The molecule has 0 aliphatic carbocycles. The van der Waals surface area contributed by atoms with E-state index in [2.05, 4.69) is 15.3 Å². The van der Waals surface area contributed by atoms with Gasteiger partial charge in [-0.15, -0.1) is 0 Å². The number of aldehydes is 1. The number of imidazole rings is 1. The van der Waals surface area contributed by atoms with Crippen molar-refractivity contribution in [3.05, 3.63) is 83.4 Å². The number of aromatic nitrogens is 2. The Balaban J connectivity index is 1.79. The smallest absolute Gasteiger partial charge is 0.329 e. The monoisotopic (exact) mass is 504 g/mol. The lowest BCUT2D eigenvalue weighted by atomic mass is 9.97. The first-order chi connectivity index (χ1) is 17.9. The number of hydrogen-bond donors (Lipinski definition) is 2. The molecule has 2 N–H and O–H groups in total. The standard InChI is InChI=1S/C27H28N4O6/c1-17(33)30-22(11-18-6-4-3-5-7-18)26(34)31(23(27(35)36-2)12-20-13-28-16-29-20)24-15-37-25-9-8-19(14-32)10-21(24)25/h3-10,13-14,16,22-24H,11-12,15H2,1-2H3,(H,28,29)(H,30,33)/t22?,23-,24+/m0/s1. The maximum absolute atomic E-state index is 14.3. The molecule has 2 heterocycles. The molecule has 1 aromatic heterocycles. The molecule has 4 rings (SSSR count). The predicted octanol–water partition coefficient (Wildman–Crippen LogP) is 2.02. The normalized spacial score (nSPS) is 15.6. The Hall–Kier alpha value is -4.47. The fourth-order valence-corrected chi connectivity index (χ4v) is 4.55. The summed E-state index contributed by atoms with van der Waals surface area (Å²) in [6, 6.07) is 11.5. The summed E-state index contributed by atoms with van der Waals surface area (Å²) in [5, 5.41) is 2.75. The molecule has 1 unspecified atom stereocenters. The number of carbonyl (C=O) groups is 4. The first-order valence-electron chi connectivity index (χ1n) is 11.8. The van der Waals surface area contributed by atoms with Gasteiger partial charge in [0.1, 0.15) is 30.7 Å². The number of aromatic amines is 1. The SMILES string of the molecule is COC(=O)[C@H](Cc1c[nH]cn1)N(C(=O)C(Cc1ccccc1)NC(C)=O)[C@@H]1COc2ccc(C=O)cc21. The molecule has 0 spiro atoms. The van der Waals surface area contributed by atoms with Crippen LogP contribution >= 0.6 is 0 Å². The summed E-state index contributed by atoms with van der Waals surface area (Å²) in [6.07, 6.45) is 4.10. The fraction of sp³-hybridized carbons (Fsp3) is 0.296. The van der Waals surface area contributed by atoms with Crippen LogP contribution < -0.4 is 10.1 Å². The summed E-state index contributed by atoms with van der Waals surface area (Å²) in [4.78, 5) is 59.5. The van der Waals surface area contributed by atoms with Crippen molar-refractivity contribution >= 4 is 24.1 Å². The highest BCUT2D eigenvalue weighted by atomic mass is 16.5. The van der Waals surface area contributed by atoms with E-state index >= 15 is 0 Å². The van der Waals surface area contributed by atoms with E-state index in [-0.39, 0.29) is 25.4 Å². The Labute approximate surface area is 214 Å². The number of esters is 1. The van der Waals surface area contributed by atoms with Gasteiger partial charge in [0.15, 0.2) is 0 Å². The van der Waals surface area contributed by atoms with Gasteiger partial charge in [-0.3, -0.25) is 14.4 Å². The zero-order chi connectivity index (χ0) is 26.4. The first kappa shape index (κ1) is 25.6.